The van der Waals surface area contributed by atoms with E-state index < -0.39 is 4.92 Å². The fourth-order valence-electron chi connectivity index (χ4n) is 3.31. The summed E-state index contributed by atoms with van der Waals surface area (Å²) in [5.74, 6) is -0.174. The largest absolute Gasteiger partial charge is 0.337 e. The number of carbonyl (C=O) groups excluding carboxylic acids is 1. The van der Waals surface area contributed by atoms with Gasteiger partial charge in [0.15, 0.2) is 0 Å². The molecule has 2 aromatic heterocycles. The van der Waals surface area contributed by atoms with Crippen LogP contribution in [0.4, 0.5) is 5.69 Å². The van der Waals surface area contributed by atoms with Crippen LogP contribution < -0.4 is 0 Å². The lowest BCUT2D eigenvalue weighted by Crippen LogP contribution is -2.33. The average molecular weight is 393 g/mol. The average Bonchev–Trinajstić information content (AvgIpc) is 3.00. The highest BCUT2D eigenvalue weighted by Gasteiger charge is 2.25. The van der Waals surface area contributed by atoms with Gasteiger partial charge in [-0.25, -0.2) is 0 Å². The van der Waals surface area contributed by atoms with Crippen LogP contribution in [0.1, 0.15) is 29.9 Å². The topological polar surface area (TPSA) is 94.2 Å². The number of aromatic nitrogens is 3. The van der Waals surface area contributed by atoms with E-state index in [0.29, 0.717) is 11.4 Å². The summed E-state index contributed by atoms with van der Waals surface area (Å²) in [6, 6.07) is 11.7. The number of carbonyl (C=O) groups is 1. The van der Waals surface area contributed by atoms with Crippen molar-refractivity contribution < 1.29 is 9.72 Å². The molecular weight excluding hydrogens is 370 g/mol. The van der Waals surface area contributed by atoms with E-state index in [1.54, 1.807) is 38.2 Å². The van der Waals surface area contributed by atoms with Gasteiger partial charge < -0.3 is 4.90 Å². The molecule has 0 aliphatic rings. The Kier molecular flexibility index (Phi) is 5.72. The van der Waals surface area contributed by atoms with Crippen LogP contribution in [0.2, 0.25) is 0 Å². The second-order valence-electron chi connectivity index (χ2n) is 6.98. The number of hydrogen-bond acceptors (Lipinski definition) is 5. The van der Waals surface area contributed by atoms with Crippen LogP contribution >= 0.6 is 0 Å². The molecule has 3 aromatic rings. The van der Waals surface area contributed by atoms with Crippen molar-refractivity contribution in [3.05, 3.63) is 75.9 Å². The number of benzene rings is 1. The highest BCUT2D eigenvalue weighted by molar-refractivity contribution is 5.76. The smallest absolute Gasteiger partial charge is 0.312 e. The van der Waals surface area contributed by atoms with Gasteiger partial charge in [0.05, 0.1) is 11.0 Å². The number of hydrogen-bond donors (Lipinski definition) is 0. The molecule has 0 aliphatic heterocycles. The predicted molar refractivity (Wildman–Crippen MR) is 109 cm³/mol. The van der Waals surface area contributed by atoms with Gasteiger partial charge in [-0.1, -0.05) is 18.2 Å². The Balaban J connectivity index is 1.78. The SMILES string of the molecule is Cc1nn(CC(=O)N(C)C(C)c2cccc(-c3ccncc3)c2)c(C)c1[N+](=O)[O-]. The molecule has 0 radical (unpaired) electrons. The van der Waals surface area contributed by atoms with Crippen LogP contribution in [0.5, 0.6) is 0 Å². The zero-order valence-corrected chi connectivity index (χ0v) is 16.9. The molecule has 1 unspecified atom stereocenters. The molecule has 8 nitrogen and oxygen atoms in total. The van der Waals surface area contributed by atoms with Crippen molar-refractivity contribution in [2.75, 3.05) is 7.05 Å². The summed E-state index contributed by atoms with van der Waals surface area (Å²) < 4.78 is 1.40. The second-order valence-corrected chi connectivity index (χ2v) is 6.98. The van der Waals surface area contributed by atoms with Crippen LogP contribution in [0.3, 0.4) is 0 Å². The Morgan fingerprint density at radius 1 is 1.21 bits per heavy atom. The molecule has 0 spiro atoms. The number of rotatable bonds is 6. The lowest BCUT2D eigenvalue weighted by atomic mass is 10.0. The second kappa shape index (κ2) is 8.22. The van der Waals surface area contributed by atoms with E-state index in [0.717, 1.165) is 16.7 Å². The van der Waals surface area contributed by atoms with E-state index in [4.69, 9.17) is 0 Å². The van der Waals surface area contributed by atoms with E-state index in [1.165, 1.54) is 4.68 Å². The number of nitro groups is 1. The van der Waals surface area contributed by atoms with Gasteiger partial charge >= 0.3 is 5.69 Å². The first-order valence-corrected chi connectivity index (χ1v) is 9.24. The van der Waals surface area contributed by atoms with Crippen LogP contribution in [0.25, 0.3) is 11.1 Å². The van der Waals surface area contributed by atoms with Gasteiger partial charge in [0.1, 0.15) is 17.9 Å². The van der Waals surface area contributed by atoms with Crippen LogP contribution in [0.15, 0.2) is 48.8 Å². The van der Waals surface area contributed by atoms with Gasteiger partial charge in [-0.2, -0.15) is 5.10 Å². The molecule has 0 saturated heterocycles. The quantitative estimate of drug-likeness (QED) is 0.470. The zero-order chi connectivity index (χ0) is 21.1. The standard InChI is InChI=1S/C21H23N5O3/c1-14-21(26(28)29)16(3)25(23-14)13-20(27)24(4)15(2)18-6-5-7-19(12-18)17-8-10-22-11-9-17/h5-12,15H,13H2,1-4H3. The van der Waals surface area contributed by atoms with Gasteiger partial charge in [-0.05, 0) is 55.7 Å². The minimum absolute atomic E-state index is 0.0430. The highest BCUT2D eigenvalue weighted by atomic mass is 16.6. The van der Waals surface area contributed by atoms with Crippen molar-refractivity contribution in [2.24, 2.45) is 0 Å². The third kappa shape index (κ3) is 4.16. The molecule has 0 fully saturated rings. The number of nitrogens with zero attached hydrogens (tertiary/aromatic N) is 5. The summed E-state index contributed by atoms with van der Waals surface area (Å²) in [7, 11) is 1.73. The van der Waals surface area contributed by atoms with Crippen molar-refractivity contribution >= 4 is 11.6 Å². The summed E-state index contributed by atoms with van der Waals surface area (Å²) in [6.45, 7) is 5.08. The molecular formula is C21H23N5O3. The Bertz CT molecular complexity index is 1050. The maximum atomic E-state index is 12.8. The summed E-state index contributed by atoms with van der Waals surface area (Å²) >= 11 is 0. The molecule has 0 bridgehead atoms. The molecule has 0 saturated carbocycles. The third-order valence-corrected chi connectivity index (χ3v) is 5.17. The summed E-state index contributed by atoms with van der Waals surface area (Å²) in [5.41, 5.74) is 3.74. The molecule has 0 aliphatic carbocycles. The normalized spacial score (nSPS) is 11.9. The highest BCUT2D eigenvalue weighted by Crippen LogP contribution is 2.26. The summed E-state index contributed by atoms with van der Waals surface area (Å²) in [5, 5.41) is 15.3. The first kappa shape index (κ1) is 20.2. The first-order chi connectivity index (χ1) is 13.8. The molecule has 29 heavy (non-hydrogen) atoms. The molecule has 2 heterocycles. The fourth-order valence-corrected chi connectivity index (χ4v) is 3.31. The van der Waals surface area contributed by atoms with E-state index in [-0.39, 0.29) is 24.2 Å². The molecule has 150 valence electrons. The molecule has 1 aromatic carbocycles. The van der Waals surface area contributed by atoms with E-state index in [9.17, 15) is 14.9 Å². The monoisotopic (exact) mass is 393 g/mol. The Morgan fingerprint density at radius 2 is 1.90 bits per heavy atom. The van der Waals surface area contributed by atoms with E-state index in [2.05, 4.69) is 16.1 Å². The van der Waals surface area contributed by atoms with Gasteiger partial charge in [-0.3, -0.25) is 24.6 Å². The van der Waals surface area contributed by atoms with E-state index >= 15 is 0 Å². The first-order valence-electron chi connectivity index (χ1n) is 9.24. The molecule has 1 atom stereocenters. The Hall–Kier alpha value is -3.55. The predicted octanol–water partition coefficient (Wildman–Crippen LogP) is 3.69. The maximum Gasteiger partial charge on any atom is 0.312 e. The molecule has 8 heteroatoms. The lowest BCUT2D eigenvalue weighted by Gasteiger charge is -2.26. The van der Waals surface area contributed by atoms with Crippen molar-refractivity contribution in [2.45, 2.75) is 33.4 Å². The Labute approximate surface area is 169 Å². The van der Waals surface area contributed by atoms with Crippen LogP contribution in [-0.4, -0.2) is 37.5 Å². The molecule has 1 amide bonds. The fraction of sp³-hybridized carbons (Fsp3) is 0.286. The molecule has 0 N–H and O–H groups in total. The van der Waals surface area contributed by atoms with Crippen molar-refractivity contribution in [1.29, 1.82) is 0 Å². The number of amides is 1. The lowest BCUT2D eigenvalue weighted by molar-refractivity contribution is -0.386. The van der Waals surface area contributed by atoms with Crippen LogP contribution in [-0.2, 0) is 11.3 Å². The van der Waals surface area contributed by atoms with Crippen molar-refractivity contribution in [1.82, 2.24) is 19.7 Å². The number of aryl methyl sites for hydroxylation is 1. The minimum Gasteiger partial charge on any atom is -0.337 e. The van der Waals surface area contributed by atoms with Gasteiger partial charge in [0, 0.05) is 19.4 Å². The molecule has 3 rings (SSSR count). The van der Waals surface area contributed by atoms with Gasteiger partial charge in [0.2, 0.25) is 5.91 Å². The van der Waals surface area contributed by atoms with Crippen molar-refractivity contribution in [3.63, 3.8) is 0 Å². The van der Waals surface area contributed by atoms with Gasteiger partial charge in [0.25, 0.3) is 0 Å². The minimum atomic E-state index is -0.463. The number of likely N-dealkylation sites (N-methyl/N-ethyl adjacent to an activating group) is 1. The maximum absolute atomic E-state index is 12.8. The third-order valence-electron chi connectivity index (χ3n) is 5.17. The van der Waals surface area contributed by atoms with Crippen molar-refractivity contribution in [3.8, 4) is 11.1 Å². The number of pyridine rings is 1. The van der Waals surface area contributed by atoms with E-state index in [1.807, 2.05) is 37.3 Å². The zero-order valence-electron chi connectivity index (χ0n) is 16.9. The summed E-state index contributed by atoms with van der Waals surface area (Å²) in [4.78, 5) is 29.2. The Morgan fingerprint density at radius 3 is 2.52 bits per heavy atom. The van der Waals surface area contributed by atoms with Crippen LogP contribution in [0, 0.1) is 24.0 Å². The van der Waals surface area contributed by atoms with Gasteiger partial charge in [-0.15, -0.1) is 0 Å². The summed E-state index contributed by atoms with van der Waals surface area (Å²) in [6.07, 6.45) is 3.49.